The number of nitrogens with one attached hydrogen (secondary N) is 1. The van der Waals surface area contributed by atoms with Gasteiger partial charge in [0, 0.05) is 22.8 Å². The molecule has 2 rings (SSSR count). The molecule has 0 bridgehead atoms. The summed E-state index contributed by atoms with van der Waals surface area (Å²) < 4.78 is 0.967. The van der Waals surface area contributed by atoms with E-state index in [0.29, 0.717) is 22.3 Å². The van der Waals surface area contributed by atoms with Crippen LogP contribution < -0.4 is 5.32 Å². The fourth-order valence-corrected chi connectivity index (χ4v) is 4.25. The molecule has 0 radical (unpaired) electrons. The lowest BCUT2D eigenvalue weighted by molar-refractivity contribution is -0.138. The third kappa shape index (κ3) is 8.33. The fraction of sp³-hybridized carbons (Fsp3) is 0.391. The molecule has 2 aromatic carbocycles. The van der Waals surface area contributed by atoms with Gasteiger partial charge in [-0.3, -0.25) is 9.59 Å². The zero-order chi connectivity index (χ0) is 23.0. The highest BCUT2D eigenvalue weighted by atomic mass is 79.9. The van der Waals surface area contributed by atoms with Crippen LogP contribution >= 0.6 is 50.9 Å². The minimum atomic E-state index is -0.573. The van der Waals surface area contributed by atoms with Crippen LogP contribution in [0.2, 0.25) is 10.0 Å². The Morgan fingerprint density at radius 3 is 2.32 bits per heavy atom. The first kappa shape index (κ1) is 26.0. The first-order chi connectivity index (χ1) is 14.7. The predicted molar refractivity (Wildman–Crippen MR) is 135 cm³/mol. The molecule has 0 fully saturated rings. The molecule has 0 aliphatic carbocycles. The number of benzene rings is 2. The van der Waals surface area contributed by atoms with Crippen molar-refractivity contribution in [1.82, 2.24) is 10.2 Å². The summed E-state index contributed by atoms with van der Waals surface area (Å²) in [7, 11) is 0. The van der Waals surface area contributed by atoms with Gasteiger partial charge in [0.05, 0.1) is 15.8 Å². The molecule has 31 heavy (non-hydrogen) atoms. The van der Waals surface area contributed by atoms with Gasteiger partial charge in [-0.05, 0) is 55.7 Å². The van der Waals surface area contributed by atoms with Crippen molar-refractivity contribution in [2.45, 2.75) is 51.6 Å². The smallest absolute Gasteiger partial charge is 0.242 e. The molecule has 0 heterocycles. The number of hydrogen-bond acceptors (Lipinski definition) is 3. The molecule has 0 aliphatic heterocycles. The summed E-state index contributed by atoms with van der Waals surface area (Å²) in [6, 6.07) is 12.7. The van der Waals surface area contributed by atoms with Gasteiger partial charge in [-0.25, -0.2) is 0 Å². The van der Waals surface area contributed by atoms with E-state index in [2.05, 4.69) is 21.2 Å². The first-order valence-corrected chi connectivity index (χ1v) is 12.8. The zero-order valence-corrected chi connectivity index (χ0v) is 21.7. The van der Waals surface area contributed by atoms with Crippen LogP contribution in [0.15, 0.2) is 46.9 Å². The summed E-state index contributed by atoms with van der Waals surface area (Å²) in [4.78, 5) is 27.5. The van der Waals surface area contributed by atoms with Gasteiger partial charge in [0.2, 0.25) is 11.8 Å². The maximum atomic E-state index is 13.1. The first-order valence-electron chi connectivity index (χ1n) is 10.1. The molecule has 0 spiro atoms. The second kappa shape index (κ2) is 12.7. The average molecular weight is 546 g/mol. The van der Waals surface area contributed by atoms with Crippen LogP contribution in [0, 0.1) is 0 Å². The number of halogens is 3. The summed E-state index contributed by atoms with van der Waals surface area (Å²) >= 11 is 17.0. The molecule has 0 saturated carbocycles. The summed E-state index contributed by atoms with van der Waals surface area (Å²) in [5.74, 6) is 0.661. The zero-order valence-electron chi connectivity index (χ0n) is 17.8. The number of amides is 2. The lowest BCUT2D eigenvalue weighted by atomic mass is 10.1. The van der Waals surface area contributed by atoms with Crippen LogP contribution in [0.25, 0.3) is 0 Å². The molecule has 4 nitrogen and oxygen atoms in total. The van der Waals surface area contributed by atoms with E-state index < -0.39 is 6.04 Å². The van der Waals surface area contributed by atoms with Crippen molar-refractivity contribution in [2.24, 2.45) is 0 Å². The second-order valence-corrected chi connectivity index (χ2v) is 10.1. The molecule has 168 valence electrons. The van der Waals surface area contributed by atoms with E-state index in [4.69, 9.17) is 23.2 Å². The number of rotatable bonds is 10. The molecule has 2 amide bonds. The molecule has 0 unspecified atom stereocenters. The molecule has 1 N–H and O–H groups in total. The number of carbonyl (C=O) groups is 2. The third-order valence-corrected chi connectivity index (χ3v) is 7.17. The number of thioether (sulfide) groups is 1. The summed E-state index contributed by atoms with van der Waals surface area (Å²) in [5, 5.41) is 3.98. The van der Waals surface area contributed by atoms with Crippen molar-refractivity contribution in [1.29, 1.82) is 0 Å². The van der Waals surface area contributed by atoms with Crippen LogP contribution in [-0.4, -0.2) is 34.6 Å². The number of carbonyl (C=O) groups excluding carboxylic acids is 2. The van der Waals surface area contributed by atoms with E-state index in [-0.39, 0.29) is 23.6 Å². The van der Waals surface area contributed by atoms with Crippen LogP contribution in [0.3, 0.4) is 0 Å². The van der Waals surface area contributed by atoms with Gasteiger partial charge in [0.15, 0.2) is 0 Å². The molecule has 0 saturated heterocycles. The highest BCUT2D eigenvalue weighted by molar-refractivity contribution is 9.10. The van der Waals surface area contributed by atoms with Crippen molar-refractivity contribution in [3.05, 3.63) is 68.1 Å². The van der Waals surface area contributed by atoms with E-state index in [1.54, 1.807) is 17.9 Å². The third-order valence-electron chi connectivity index (χ3n) is 4.91. The molecular weight excluding hydrogens is 519 g/mol. The summed E-state index contributed by atoms with van der Waals surface area (Å²) in [6.07, 6.45) is 0.832. The van der Waals surface area contributed by atoms with Gasteiger partial charge in [-0.15, -0.1) is 11.8 Å². The van der Waals surface area contributed by atoms with Crippen molar-refractivity contribution < 1.29 is 9.59 Å². The highest BCUT2D eigenvalue weighted by Crippen LogP contribution is 2.25. The minimum absolute atomic E-state index is 0.0589. The predicted octanol–water partition coefficient (Wildman–Crippen LogP) is 6.32. The Morgan fingerprint density at radius 1 is 1.06 bits per heavy atom. The van der Waals surface area contributed by atoms with Crippen molar-refractivity contribution in [2.75, 3.05) is 5.75 Å². The maximum absolute atomic E-state index is 13.1. The Kier molecular flexibility index (Phi) is 10.7. The van der Waals surface area contributed by atoms with Crippen molar-refractivity contribution >= 4 is 62.7 Å². The van der Waals surface area contributed by atoms with Gasteiger partial charge < -0.3 is 10.2 Å². The normalized spacial score (nSPS) is 12.8. The topological polar surface area (TPSA) is 49.4 Å². The lowest BCUT2D eigenvalue weighted by Gasteiger charge is -2.29. The van der Waals surface area contributed by atoms with E-state index in [1.165, 1.54) is 11.8 Å². The largest absolute Gasteiger partial charge is 0.352 e. The Hall–Kier alpha value is -1.21. The SMILES string of the molecule is CC[C@H](C)NC(=O)[C@@H](C)N(Cc1ccc(Br)cc1)C(=O)CSCc1ccc(Cl)c(Cl)c1. The van der Waals surface area contributed by atoms with Gasteiger partial charge in [-0.2, -0.15) is 0 Å². The summed E-state index contributed by atoms with van der Waals surface area (Å²) in [5.41, 5.74) is 1.96. The quantitative estimate of drug-likeness (QED) is 0.380. The Balaban J connectivity index is 2.07. The van der Waals surface area contributed by atoms with E-state index >= 15 is 0 Å². The van der Waals surface area contributed by atoms with Crippen LogP contribution in [0.1, 0.15) is 38.3 Å². The Bertz CT molecular complexity index is 896. The van der Waals surface area contributed by atoms with Crippen LogP contribution in [0.4, 0.5) is 0 Å². The van der Waals surface area contributed by atoms with Crippen molar-refractivity contribution in [3.8, 4) is 0 Å². The Labute approximate surface area is 207 Å². The Morgan fingerprint density at radius 2 is 1.71 bits per heavy atom. The highest BCUT2D eigenvalue weighted by Gasteiger charge is 2.26. The molecule has 2 atom stereocenters. The van der Waals surface area contributed by atoms with E-state index in [0.717, 1.165) is 22.0 Å². The van der Waals surface area contributed by atoms with Crippen molar-refractivity contribution in [3.63, 3.8) is 0 Å². The van der Waals surface area contributed by atoms with Gasteiger partial charge in [0.25, 0.3) is 0 Å². The van der Waals surface area contributed by atoms with Crippen LogP contribution in [0.5, 0.6) is 0 Å². The van der Waals surface area contributed by atoms with E-state index in [1.807, 2.05) is 50.2 Å². The molecule has 2 aromatic rings. The average Bonchev–Trinajstić information content (AvgIpc) is 2.75. The molecule has 0 aromatic heterocycles. The lowest BCUT2D eigenvalue weighted by Crippen LogP contribution is -2.50. The monoisotopic (exact) mass is 544 g/mol. The maximum Gasteiger partial charge on any atom is 0.242 e. The summed E-state index contributed by atoms with van der Waals surface area (Å²) in [6.45, 7) is 6.12. The second-order valence-electron chi connectivity index (χ2n) is 7.38. The van der Waals surface area contributed by atoms with Gasteiger partial charge in [0.1, 0.15) is 6.04 Å². The van der Waals surface area contributed by atoms with Crippen LogP contribution in [-0.2, 0) is 21.9 Å². The number of hydrogen-bond donors (Lipinski definition) is 1. The molecular formula is C23H27BrCl2N2O2S. The number of nitrogens with zero attached hydrogens (tertiary/aromatic N) is 1. The molecule has 0 aliphatic rings. The minimum Gasteiger partial charge on any atom is -0.352 e. The van der Waals surface area contributed by atoms with Gasteiger partial charge in [-0.1, -0.05) is 64.3 Å². The van der Waals surface area contributed by atoms with E-state index in [9.17, 15) is 9.59 Å². The molecule has 8 heteroatoms. The van der Waals surface area contributed by atoms with Gasteiger partial charge >= 0.3 is 0 Å². The fourth-order valence-electron chi connectivity index (χ4n) is 2.80. The standard InChI is InChI=1S/C23H27BrCl2N2O2S/c1-4-15(2)27-23(30)16(3)28(12-17-5-8-19(24)9-6-17)22(29)14-31-13-18-7-10-20(25)21(26)11-18/h5-11,15-16H,4,12-14H2,1-3H3,(H,27,30)/t15-,16+/m0/s1.